The molecular formula is C60H36N4. The predicted octanol–water partition coefficient (Wildman–Crippen LogP) is 16.0. The minimum absolute atomic E-state index is 0.610. The van der Waals surface area contributed by atoms with Crippen LogP contribution in [0.1, 0.15) is 0 Å². The van der Waals surface area contributed by atoms with E-state index in [1.54, 1.807) is 0 Å². The smallest absolute Gasteiger partial charge is 0.194 e. The number of hydrogen-bond donors (Lipinski definition) is 0. The molecule has 0 spiro atoms. The second-order valence-electron chi connectivity index (χ2n) is 16.3. The lowest BCUT2D eigenvalue weighted by Gasteiger charge is -2.13. The third-order valence-corrected chi connectivity index (χ3v) is 12.5. The van der Waals surface area contributed by atoms with Crippen LogP contribution in [0.25, 0.3) is 127 Å². The molecule has 64 heavy (non-hydrogen) atoms. The summed E-state index contributed by atoms with van der Waals surface area (Å²) in [7, 11) is 0. The Bertz CT molecular complexity index is 3690. The molecule has 1 aromatic heterocycles. The number of nitrogens with zero attached hydrogens (tertiary/aromatic N) is 4. The maximum absolute atomic E-state index is 8.15. The Hall–Kier alpha value is -8.78. The van der Waals surface area contributed by atoms with Gasteiger partial charge >= 0.3 is 0 Å². The Balaban J connectivity index is 0.905. The molecule has 4 nitrogen and oxygen atoms in total. The summed E-state index contributed by atoms with van der Waals surface area (Å²) in [6, 6.07) is 76.4. The lowest BCUT2D eigenvalue weighted by molar-refractivity contribution is 1.08. The molecule has 0 atom stereocenters. The normalized spacial score (nSPS) is 11.4. The van der Waals surface area contributed by atoms with Crippen molar-refractivity contribution in [2.24, 2.45) is 0 Å². The minimum Gasteiger partial charge on any atom is -0.238 e. The highest BCUT2D eigenvalue weighted by atomic mass is 15.0. The molecule has 0 saturated heterocycles. The van der Waals surface area contributed by atoms with Gasteiger partial charge in [-0.15, -0.1) is 0 Å². The Morgan fingerprint density at radius 2 is 0.766 bits per heavy atom. The number of benzene rings is 10. The van der Waals surface area contributed by atoms with Gasteiger partial charge in [0.1, 0.15) is 0 Å². The maximum atomic E-state index is 8.15. The van der Waals surface area contributed by atoms with E-state index in [9.17, 15) is 0 Å². The van der Waals surface area contributed by atoms with Crippen LogP contribution in [0.4, 0.5) is 5.69 Å². The Morgan fingerprint density at radius 1 is 0.281 bits per heavy atom. The molecule has 1 heterocycles. The van der Waals surface area contributed by atoms with Gasteiger partial charge in [0.25, 0.3) is 0 Å². The summed E-state index contributed by atoms with van der Waals surface area (Å²) >= 11 is 0. The first-order valence-corrected chi connectivity index (χ1v) is 21.4. The largest absolute Gasteiger partial charge is 0.238 e. The third-order valence-electron chi connectivity index (χ3n) is 12.5. The molecule has 1 aliphatic rings. The van der Waals surface area contributed by atoms with Crippen molar-refractivity contribution in [3.8, 4) is 101 Å². The summed E-state index contributed by atoms with van der Waals surface area (Å²) in [6.07, 6.45) is 0. The van der Waals surface area contributed by atoms with Crippen LogP contribution in [0.5, 0.6) is 0 Å². The molecule has 296 valence electrons. The molecule has 0 N–H and O–H groups in total. The number of aromatic nitrogens is 3. The zero-order valence-corrected chi connectivity index (χ0v) is 34.6. The van der Waals surface area contributed by atoms with Crippen molar-refractivity contribution in [2.75, 3.05) is 0 Å². The van der Waals surface area contributed by atoms with Gasteiger partial charge in [-0.25, -0.2) is 19.8 Å². The van der Waals surface area contributed by atoms with Crippen molar-refractivity contribution < 1.29 is 0 Å². The summed E-state index contributed by atoms with van der Waals surface area (Å²) in [6.45, 7) is 8.15. The van der Waals surface area contributed by atoms with E-state index in [0.29, 0.717) is 23.2 Å². The zero-order valence-electron chi connectivity index (χ0n) is 34.6. The van der Waals surface area contributed by atoms with Crippen molar-refractivity contribution in [1.82, 2.24) is 15.0 Å². The summed E-state index contributed by atoms with van der Waals surface area (Å²) in [5.74, 6) is 1.87. The highest BCUT2D eigenvalue weighted by Gasteiger charge is 2.22. The Morgan fingerprint density at radius 3 is 1.53 bits per heavy atom. The van der Waals surface area contributed by atoms with Crippen molar-refractivity contribution in [1.29, 1.82) is 0 Å². The van der Waals surface area contributed by atoms with Gasteiger partial charge in [0.05, 0.1) is 6.57 Å². The van der Waals surface area contributed by atoms with E-state index in [1.165, 1.54) is 33.0 Å². The van der Waals surface area contributed by atoms with E-state index >= 15 is 0 Å². The van der Waals surface area contributed by atoms with Crippen LogP contribution in [-0.2, 0) is 0 Å². The van der Waals surface area contributed by atoms with Crippen LogP contribution in [0.3, 0.4) is 0 Å². The second kappa shape index (κ2) is 15.3. The molecule has 0 radical (unpaired) electrons. The van der Waals surface area contributed by atoms with E-state index in [2.05, 4.69) is 187 Å². The van der Waals surface area contributed by atoms with E-state index in [0.717, 1.165) is 72.0 Å². The van der Waals surface area contributed by atoms with Crippen LogP contribution in [-0.4, -0.2) is 15.0 Å². The van der Waals surface area contributed by atoms with Crippen molar-refractivity contribution in [3.05, 3.63) is 230 Å². The van der Waals surface area contributed by atoms with Gasteiger partial charge in [-0.1, -0.05) is 188 Å². The Labute approximate surface area is 371 Å². The molecule has 4 heteroatoms. The van der Waals surface area contributed by atoms with Gasteiger partial charge in [-0.2, -0.15) is 0 Å². The number of rotatable bonds is 7. The number of hydrogen-bond acceptors (Lipinski definition) is 3. The molecule has 0 aliphatic heterocycles. The first-order valence-electron chi connectivity index (χ1n) is 21.4. The highest BCUT2D eigenvalue weighted by Crippen LogP contribution is 2.49. The third kappa shape index (κ3) is 6.43. The van der Waals surface area contributed by atoms with E-state index in [-0.39, 0.29) is 0 Å². The van der Waals surface area contributed by atoms with Crippen molar-refractivity contribution >= 4 is 27.2 Å². The number of fused-ring (bicyclic) bond motifs is 4. The van der Waals surface area contributed by atoms with Gasteiger partial charge in [-0.05, 0) is 119 Å². The summed E-state index contributed by atoms with van der Waals surface area (Å²) < 4.78 is 0. The summed E-state index contributed by atoms with van der Waals surface area (Å²) in [4.78, 5) is 19.2. The molecule has 0 fully saturated rings. The molecule has 0 unspecified atom stereocenters. The van der Waals surface area contributed by atoms with Crippen molar-refractivity contribution in [3.63, 3.8) is 0 Å². The Kier molecular flexibility index (Phi) is 8.84. The molecular weight excluding hydrogens is 777 g/mol. The minimum atomic E-state index is 0.610. The molecule has 10 aromatic carbocycles. The van der Waals surface area contributed by atoms with Gasteiger partial charge in [0, 0.05) is 16.7 Å². The van der Waals surface area contributed by atoms with Crippen LogP contribution in [0, 0.1) is 6.57 Å². The SMILES string of the molecule is [C-]#[N+]c1ccc(-c2cccc(-c3cccc(-c4nc(-c5ccccc5)nc(-c5cccc6ccccc56)n4)c3)c2)cc1-c1cccc(-c2cc3c4c(cccc4c2)-c2ccccc2-3)c1. The lowest BCUT2D eigenvalue weighted by atomic mass is 9.92. The topological polar surface area (TPSA) is 43.0 Å². The highest BCUT2D eigenvalue weighted by molar-refractivity contribution is 6.16. The summed E-state index contributed by atoms with van der Waals surface area (Å²) in [5.41, 5.74) is 17.0. The predicted molar refractivity (Wildman–Crippen MR) is 264 cm³/mol. The van der Waals surface area contributed by atoms with E-state index < -0.39 is 0 Å². The van der Waals surface area contributed by atoms with Crippen molar-refractivity contribution in [2.45, 2.75) is 0 Å². The second-order valence-corrected chi connectivity index (χ2v) is 16.3. The zero-order chi connectivity index (χ0) is 42.6. The fourth-order valence-electron chi connectivity index (χ4n) is 9.37. The average Bonchev–Trinajstić information content (AvgIpc) is 3.70. The van der Waals surface area contributed by atoms with E-state index in [4.69, 9.17) is 21.5 Å². The van der Waals surface area contributed by atoms with Gasteiger partial charge in [0.15, 0.2) is 23.2 Å². The monoisotopic (exact) mass is 812 g/mol. The fourth-order valence-corrected chi connectivity index (χ4v) is 9.37. The standard InChI is InChI=1S/C60H36N4/c1-61-56-31-30-44(36-54(56)45-22-10-21-43(33-45)48-35-46-23-13-28-52-50-26-7-8-27-51(50)55(37-48)57(46)52)41-19-9-18-40(32-41)42-20-11-24-47(34-42)59-62-58(39-15-3-2-4-16-39)63-60(64-59)53-29-12-17-38-14-5-6-25-49(38)53/h2-37H. The van der Waals surface area contributed by atoms with Crippen LogP contribution >= 0.6 is 0 Å². The molecule has 11 aromatic rings. The molecule has 0 amide bonds. The molecule has 12 rings (SSSR count). The fraction of sp³-hybridized carbons (Fsp3) is 0. The lowest BCUT2D eigenvalue weighted by Crippen LogP contribution is -2.00. The van der Waals surface area contributed by atoms with Crippen LogP contribution in [0.2, 0.25) is 0 Å². The molecule has 0 saturated carbocycles. The summed E-state index contributed by atoms with van der Waals surface area (Å²) in [5, 5.41) is 4.77. The average molecular weight is 813 g/mol. The first kappa shape index (κ1) is 37.0. The van der Waals surface area contributed by atoms with E-state index in [1.807, 2.05) is 36.4 Å². The molecule has 0 bridgehead atoms. The van der Waals surface area contributed by atoms with Gasteiger partial charge in [0.2, 0.25) is 0 Å². The van der Waals surface area contributed by atoms with Crippen LogP contribution < -0.4 is 0 Å². The van der Waals surface area contributed by atoms with Gasteiger partial charge in [-0.3, -0.25) is 0 Å². The van der Waals surface area contributed by atoms with Crippen LogP contribution in [0.15, 0.2) is 218 Å². The quantitative estimate of drug-likeness (QED) is 0.151. The molecule has 1 aliphatic carbocycles. The first-order chi connectivity index (χ1) is 31.6. The van der Waals surface area contributed by atoms with Gasteiger partial charge < -0.3 is 0 Å². The maximum Gasteiger partial charge on any atom is 0.194 e.